The maximum absolute atomic E-state index is 13.1. The maximum atomic E-state index is 13.1. The quantitative estimate of drug-likeness (QED) is 0.843. The average Bonchev–Trinajstić information content (AvgIpc) is 2.25. The first kappa shape index (κ1) is 15.1. The molecule has 0 saturated heterocycles. The third kappa shape index (κ3) is 4.75. The van der Waals surface area contributed by atoms with Crippen molar-refractivity contribution < 1.29 is 4.39 Å². The van der Waals surface area contributed by atoms with Gasteiger partial charge in [0.25, 0.3) is 0 Å². The molecular weight excluding hydrogens is 227 g/mol. The summed E-state index contributed by atoms with van der Waals surface area (Å²) in [5, 5.41) is 0. The Bertz CT molecular complexity index is 355. The number of rotatable bonds is 6. The summed E-state index contributed by atoms with van der Waals surface area (Å²) in [7, 11) is 0. The summed E-state index contributed by atoms with van der Waals surface area (Å²) < 4.78 is 13.1. The van der Waals surface area contributed by atoms with Gasteiger partial charge in [0.15, 0.2) is 0 Å². The molecule has 1 aromatic rings. The first-order chi connectivity index (χ1) is 8.40. The summed E-state index contributed by atoms with van der Waals surface area (Å²) in [6.45, 7) is 9.54. The van der Waals surface area contributed by atoms with Crippen molar-refractivity contribution in [2.75, 3.05) is 6.54 Å². The van der Waals surface area contributed by atoms with Crippen molar-refractivity contribution >= 4 is 0 Å². The van der Waals surface area contributed by atoms with Crippen LogP contribution < -0.4 is 5.73 Å². The van der Waals surface area contributed by atoms with Crippen molar-refractivity contribution in [2.45, 2.75) is 52.2 Å². The van der Waals surface area contributed by atoms with Gasteiger partial charge in [0, 0.05) is 24.7 Å². The predicted octanol–water partition coefficient (Wildman–Crippen LogP) is 2.81. The van der Waals surface area contributed by atoms with Crippen LogP contribution in [0, 0.1) is 5.82 Å². The Labute approximate surface area is 110 Å². The minimum atomic E-state index is -0.190. The van der Waals surface area contributed by atoms with E-state index < -0.39 is 0 Å². The summed E-state index contributed by atoms with van der Waals surface area (Å²) in [5.41, 5.74) is 7.14. The van der Waals surface area contributed by atoms with Crippen LogP contribution in [-0.2, 0) is 6.42 Å². The lowest BCUT2D eigenvalue weighted by atomic mass is 10.0. The molecule has 0 aliphatic rings. The van der Waals surface area contributed by atoms with Crippen LogP contribution in [0.3, 0.4) is 0 Å². The van der Waals surface area contributed by atoms with E-state index in [1.165, 1.54) is 6.07 Å². The molecule has 0 aliphatic heterocycles. The molecular formula is C15H25FN2. The van der Waals surface area contributed by atoms with E-state index in [0.717, 1.165) is 12.1 Å². The molecule has 18 heavy (non-hydrogen) atoms. The highest BCUT2D eigenvalue weighted by Gasteiger charge is 2.17. The van der Waals surface area contributed by atoms with E-state index in [2.05, 4.69) is 32.6 Å². The largest absolute Gasteiger partial charge is 0.326 e. The average molecular weight is 252 g/mol. The second-order valence-electron chi connectivity index (χ2n) is 5.48. The minimum Gasteiger partial charge on any atom is -0.326 e. The zero-order valence-corrected chi connectivity index (χ0v) is 11.9. The van der Waals surface area contributed by atoms with Gasteiger partial charge in [0.05, 0.1) is 0 Å². The van der Waals surface area contributed by atoms with E-state index in [-0.39, 0.29) is 11.9 Å². The molecule has 0 bridgehead atoms. The van der Waals surface area contributed by atoms with Gasteiger partial charge in [-0.05, 0) is 51.8 Å². The highest BCUT2D eigenvalue weighted by molar-refractivity contribution is 5.17. The van der Waals surface area contributed by atoms with Crippen LogP contribution in [-0.4, -0.2) is 29.6 Å². The standard InChI is InChI=1S/C15H25FN2/c1-11(2)18(12(3)4)10-15(17)9-13-6-5-7-14(16)8-13/h5-8,11-12,15H,9-10,17H2,1-4H3. The molecule has 0 spiro atoms. The fourth-order valence-electron chi connectivity index (χ4n) is 2.32. The lowest BCUT2D eigenvalue weighted by Crippen LogP contribution is -2.45. The molecule has 3 heteroatoms. The molecule has 102 valence electrons. The van der Waals surface area contributed by atoms with Gasteiger partial charge in [-0.1, -0.05) is 12.1 Å². The second kappa shape index (κ2) is 6.86. The lowest BCUT2D eigenvalue weighted by Gasteiger charge is -2.32. The molecule has 0 saturated carbocycles. The number of benzene rings is 1. The molecule has 0 aromatic heterocycles. The van der Waals surface area contributed by atoms with Gasteiger partial charge >= 0.3 is 0 Å². The molecule has 1 unspecified atom stereocenters. The van der Waals surface area contributed by atoms with Gasteiger partial charge in [-0.25, -0.2) is 4.39 Å². The van der Waals surface area contributed by atoms with Crippen molar-refractivity contribution in [1.29, 1.82) is 0 Å². The highest BCUT2D eigenvalue weighted by Crippen LogP contribution is 2.10. The number of hydrogen-bond acceptors (Lipinski definition) is 2. The van der Waals surface area contributed by atoms with Crippen LogP contribution >= 0.6 is 0 Å². The van der Waals surface area contributed by atoms with E-state index in [4.69, 9.17) is 5.73 Å². The Balaban J connectivity index is 2.57. The Hall–Kier alpha value is -0.930. The van der Waals surface area contributed by atoms with Gasteiger partial charge in [-0.2, -0.15) is 0 Å². The third-order valence-corrected chi connectivity index (χ3v) is 3.16. The van der Waals surface area contributed by atoms with E-state index >= 15 is 0 Å². The normalized spacial score (nSPS) is 13.6. The van der Waals surface area contributed by atoms with Crippen LogP contribution in [0.15, 0.2) is 24.3 Å². The Kier molecular flexibility index (Phi) is 5.76. The number of hydrogen-bond donors (Lipinski definition) is 1. The molecule has 0 heterocycles. The number of halogens is 1. The third-order valence-electron chi connectivity index (χ3n) is 3.16. The van der Waals surface area contributed by atoms with Gasteiger partial charge in [0.1, 0.15) is 5.82 Å². The first-order valence-corrected chi connectivity index (χ1v) is 6.66. The van der Waals surface area contributed by atoms with E-state index in [1.54, 1.807) is 12.1 Å². The maximum Gasteiger partial charge on any atom is 0.123 e. The first-order valence-electron chi connectivity index (χ1n) is 6.66. The highest BCUT2D eigenvalue weighted by atomic mass is 19.1. The second-order valence-corrected chi connectivity index (χ2v) is 5.48. The van der Waals surface area contributed by atoms with E-state index in [0.29, 0.717) is 18.5 Å². The van der Waals surface area contributed by atoms with Crippen molar-refractivity contribution in [3.63, 3.8) is 0 Å². The molecule has 2 nitrogen and oxygen atoms in total. The molecule has 1 atom stereocenters. The van der Waals surface area contributed by atoms with Crippen molar-refractivity contribution in [3.8, 4) is 0 Å². The van der Waals surface area contributed by atoms with Crippen LogP contribution in [0.4, 0.5) is 4.39 Å². The monoisotopic (exact) mass is 252 g/mol. The van der Waals surface area contributed by atoms with Crippen molar-refractivity contribution in [3.05, 3.63) is 35.6 Å². The van der Waals surface area contributed by atoms with Crippen LogP contribution in [0.25, 0.3) is 0 Å². The molecule has 1 rings (SSSR count). The van der Waals surface area contributed by atoms with Crippen molar-refractivity contribution in [2.24, 2.45) is 5.73 Å². The van der Waals surface area contributed by atoms with E-state index in [9.17, 15) is 4.39 Å². The SMILES string of the molecule is CC(C)N(CC(N)Cc1cccc(F)c1)C(C)C. The molecule has 0 amide bonds. The zero-order valence-electron chi connectivity index (χ0n) is 11.9. The molecule has 1 aromatic carbocycles. The topological polar surface area (TPSA) is 29.3 Å². The number of nitrogens with two attached hydrogens (primary N) is 1. The predicted molar refractivity (Wildman–Crippen MR) is 75.1 cm³/mol. The minimum absolute atomic E-state index is 0.0385. The van der Waals surface area contributed by atoms with Crippen LogP contribution in [0.1, 0.15) is 33.3 Å². The summed E-state index contributed by atoms with van der Waals surface area (Å²) >= 11 is 0. The zero-order chi connectivity index (χ0) is 13.7. The Morgan fingerprint density at radius 3 is 2.28 bits per heavy atom. The molecule has 2 N–H and O–H groups in total. The summed E-state index contributed by atoms with van der Waals surface area (Å²) in [6, 6.07) is 7.68. The smallest absolute Gasteiger partial charge is 0.123 e. The molecule has 0 aliphatic carbocycles. The van der Waals surface area contributed by atoms with Crippen LogP contribution in [0.2, 0.25) is 0 Å². The summed E-state index contributed by atoms with van der Waals surface area (Å²) in [5.74, 6) is -0.190. The van der Waals surface area contributed by atoms with Crippen LogP contribution in [0.5, 0.6) is 0 Å². The fraction of sp³-hybridized carbons (Fsp3) is 0.600. The van der Waals surface area contributed by atoms with E-state index in [1.807, 2.05) is 6.07 Å². The van der Waals surface area contributed by atoms with Crippen molar-refractivity contribution in [1.82, 2.24) is 4.90 Å². The van der Waals surface area contributed by atoms with Gasteiger partial charge in [0.2, 0.25) is 0 Å². The van der Waals surface area contributed by atoms with Gasteiger partial charge < -0.3 is 5.73 Å². The lowest BCUT2D eigenvalue weighted by molar-refractivity contribution is 0.163. The molecule has 0 fully saturated rings. The fourth-order valence-corrected chi connectivity index (χ4v) is 2.32. The summed E-state index contributed by atoms with van der Waals surface area (Å²) in [4.78, 5) is 2.37. The number of nitrogens with zero attached hydrogens (tertiary/aromatic N) is 1. The van der Waals surface area contributed by atoms with Gasteiger partial charge in [-0.3, -0.25) is 4.90 Å². The molecule has 0 radical (unpaired) electrons. The Morgan fingerprint density at radius 2 is 1.78 bits per heavy atom. The summed E-state index contributed by atoms with van der Waals surface area (Å²) in [6.07, 6.45) is 0.716. The Morgan fingerprint density at radius 1 is 1.17 bits per heavy atom. The van der Waals surface area contributed by atoms with Gasteiger partial charge in [-0.15, -0.1) is 0 Å².